The molecule has 2 aromatic heterocycles. The predicted octanol–water partition coefficient (Wildman–Crippen LogP) is 3.43. The van der Waals surface area contributed by atoms with E-state index in [1.165, 1.54) is 30.6 Å². The second kappa shape index (κ2) is 5.38. The number of hydrogen-bond acceptors (Lipinski definition) is 5. The van der Waals surface area contributed by atoms with Crippen LogP contribution in [0.3, 0.4) is 0 Å². The summed E-state index contributed by atoms with van der Waals surface area (Å²) in [5.41, 5.74) is 7.18. The Bertz CT molecular complexity index is 851. The first-order chi connectivity index (χ1) is 10.1. The van der Waals surface area contributed by atoms with Gasteiger partial charge in [-0.2, -0.15) is 0 Å². The molecule has 1 amide bonds. The van der Waals surface area contributed by atoms with Crippen molar-refractivity contribution in [2.75, 3.05) is 11.1 Å². The number of amides is 1. The third-order valence-corrected chi connectivity index (χ3v) is 4.51. The maximum atomic E-state index is 13.0. The number of carbonyl (C=O) groups is 1. The SMILES string of the molecule is Nc1c(C(=O)Nc2ccc(F)cc2Br)sc2nccnc12. The van der Waals surface area contributed by atoms with Crippen LogP contribution in [0, 0.1) is 5.82 Å². The molecule has 0 aliphatic heterocycles. The van der Waals surface area contributed by atoms with E-state index < -0.39 is 5.82 Å². The van der Waals surface area contributed by atoms with E-state index in [2.05, 4.69) is 31.2 Å². The number of nitrogen functional groups attached to an aromatic ring is 1. The number of fused-ring (bicyclic) bond motifs is 1. The van der Waals surface area contributed by atoms with Crippen LogP contribution in [0.25, 0.3) is 10.3 Å². The van der Waals surface area contributed by atoms with Crippen molar-refractivity contribution >= 4 is 54.9 Å². The Balaban J connectivity index is 1.95. The van der Waals surface area contributed by atoms with E-state index in [1.54, 1.807) is 0 Å². The molecule has 0 aliphatic carbocycles. The van der Waals surface area contributed by atoms with Crippen molar-refractivity contribution < 1.29 is 9.18 Å². The second-order valence-electron chi connectivity index (χ2n) is 4.13. The molecule has 3 N–H and O–H groups in total. The Labute approximate surface area is 131 Å². The summed E-state index contributed by atoms with van der Waals surface area (Å²) in [5, 5.41) is 2.68. The molecule has 0 saturated heterocycles. The number of anilines is 2. The Kier molecular flexibility index (Phi) is 3.56. The fourth-order valence-corrected chi connectivity index (χ4v) is 3.15. The van der Waals surface area contributed by atoms with Crippen LogP contribution < -0.4 is 11.1 Å². The topological polar surface area (TPSA) is 80.9 Å². The lowest BCUT2D eigenvalue weighted by molar-refractivity contribution is 0.103. The number of benzene rings is 1. The van der Waals surface area contributed by atoms with Crippen molar-refractivity contribution in [1.29, 1.82) is 0 Å². The minimum atomic E-state index is -0.394. The summed E-state index contributed by atoms with van der Waals surface area (Å²) in [5.74, 6) is -0.778. The molecule has 5 nitrogen and oxygen atoms in total. The first-order valence-corrected chi connectivity index (χ1v) is 7.42. The Morgan fingerprint density at radius 3 is 2.81 bits per heavy atom. The average Bonchev–Trinajstić information content (AvgIpc) is 2.80. The standard InChI is InChI=1S/C13H8BrFN4OS/c14-7-5-6(15)1-2-8(7)19-12(20)11-9(16)10-13(21-11)18-4-3-17-10/h1-5H,16H2,(H,19,20). The van der Waals surface area contributed by atoms with E-state index in [4.69, 9.17) is 5.73 Å². The van der Waals surface area contributed by atoms with Crippen LogP contribution in [0.15, 0.2) is 35.1 Å². The lowest BCUT2D eigenvalue weighted by atomic mass is 10.3. The summed E-state index contributed by atoms with van der Waals surface area (Å²) in [6, 6.07) is 4.00. The Hall–Kier alpha value is -2.06. The van der Waals surface area contributed by atoms with E-state index in [-0.39, 0.29) is 5.91 Å². The van der Waals surface area contributed by atoms with Crippen molar-refractivity contribution in [3.63, 3.8) is 0 Å². The van der Waals surface area contributed by atoms with Crippen LogP contribution in [0.5, 0.6) is 0 Å². The molecule has 0 spiro atoms. The summed E-state index contributed by atoms with van der Waals surface area (Å²) in [4.78, 5) is 21.4. The summed E-state index contributed by atoms with van der Waals surface area (Å²) < 4.78 is 13.5. The number of carbonyl (C=O) groups excluding carboxylic acids is 1. The molecule has 0 unspecified atom stereocenters. The van der Waals surface area contributed by atoms with E-state index in [9.17, 15) is 9.18 Å². The molecule has 2 heterocycles. The highest BCUT2D eigenvalue weighted by Gasteiger charge is 2.18. The van der Waals surface area contributed by atoms with Crippen molar-refractivity contribution in [2.24, 2.45) is 0 Å². The fourth-order valence-electron chi connectivity index (χ4n) is 1.78. The molecule has 3 aromatic rings. The zero-order valence-electron chi connectivity index (χ0n) is 10.4. The van der Waals surface area contributed by atoms with Gasteiger partial charge in [0.2, 0.25) is 0 Å². The van der Waals surface area contributed by atoms with Gasteiger partial charge in [-0.05, 0) is 34.1 Å². The third-order valence-electron chi connectivity index (χ3n) is 2.75. The molecule has 0 atom stereocenters. The highest BCUT2D eigenvalue weighted by Crippen LogP contribution is 2.32. The smallest absolute Gasteiger partial charge is 0.268 e. The van der Waals surface area contributed by atoms with E-state index in [0.29, 0.717) is 31.1 Å². The largest absolute Gasteiger partial charge is 0.396 e. The predicted molar refractivity (Wildman–Crippen MR) is 83.9 cm³/mol. The molecule has 21 heavy (non-hydrogen) atoms. The molecule has 0 aliphatic rings. The average molecular weight is 367 g/mol. The molecule has 0 saturated carbocycles. The minimum absolute atomic E-state index is 0.291. The van der Waals surface area contributed by atoms with Crippen LogP contribution in [0.1, 0.15) is 9.67 Å². The first kappa shape index (κ1) is 13.9. The Morgan fingerprint density at radius 2 is 2.10 bits per heavy atom. The van der Waals surface area contributed by atoms with Crippen LogP contribution >= 0.6 is 27.3 Å². The molecule has 1 aromatic carbocycles. The van der Waals surface area contributed by atoms with E-state index >= 15 is 0 Å². The number of thiophene rings is 1. The van der Waals surface area contributed by atoms with Crippen LogP contribution in [0.4, 0.5) is 15.8 Å². The summed E-state index contributed by atoms with van der Waals surface area (Å²) >= 11 is 4.35. The third kappa shape index (κ3) is 2.59. The van der Waals surface area contributed by atoms with E-state index in [0.717, 1.165) is 11.3 Å². The van der Waals surface area contributed by atoms with Gasteiger partial charge in [0, 0.05) is 16.9 Å². The van der Waals surface area contributed by atoms with Crippen molar-refractivity contribution in [3.05, 3.63) is 45.8 Å². The van der Waals surface area contributed by atoms with Crippen molar-refractivity contribution in [2.45, 2.75) is 0 Å². The van der Waals surface area contributed by atoms with Crippen LogP contribution in [-0.2, 0) is 0 Å². The van der Waals surface area contributed by atoms with Gasteiger partial charge in [0.15, 0.2) is 0 Å². The van der Waals surface area contributed by atoms with Crippen molar-refractivity contribution in [1.82, 2.24) is 9.97 Å². The van der Waals surface area contributed by atoms with E-state index in [1.807, 2.05) is 0 Å². The van der Waals surface area contributed by atoms with Gasteiger partial charge in [-0.1, -0.05) is 0 Å². The molecule has 0 radical (unpaired) electrons. The second-order valence-corrected chi connectivity index (χ2v) is 5.99. The zero-order chi connectivity index (χ0) is 15.0. The quantitative estimate of drug-likeness (QED) is 0.727. The first-order valence-electron chi connectivity index (χ1n) is 5.81. The highest BCUT2D eigenvalue weighted by molar-refractivity contribution is 9.10. The number of hydrogen-bond donors (Lipinski definition) is 2. The fraction of sp³-hybridized carbons (Fsp3) is 0. The van der Waals surface area contributed by atoms with Gasteiger partial charge in [0.1, 0.15) is 21.0 Å². The molecule has 3 rings (SSSR count). The van der Waals surface area contributed by atoms with Gasteiger partial charge in [-0.15, -0.1) is 11.3 Å². The minimum Gasteiger partial charge on any atom is -0.396 e. The molecule has 0 bridgehead atoms. The molecule has 8 heteroatoms. The summed E-state index contributed by atoms with van der Waals surface area (Å²) in [6.45, 7) is 0. The summed E-state index contributed by atoms with van der Waals surface area (Å²) in [7, 11) is 0. The number of aromatic nitrogens is 2. The summed E-state index contributed by atoms with van der Waals surface area (Å²) in [6.07, 6.45) is 3.06. The van der Waals surface area contributed by atoms with Gasteiger partial charge in [0.25, 0.3) is 5.91 Å². The lowest BCUT2D eigenvalue weighted by Crippen LogP contribution is -2.12. The number of rotatable bonds is 2. The lowest BCUT2D eigenvalue weighted by Gasteiger charge is -2.06. The molecule has 0 fully saturated rings. The van der Waals surface area contributed by atoms with Crippen LogP contribution in [-0.4, -0.2) is 15.9 Å². The van der Waals surface area contributed by atoms with Gasteiger partial charge >= 0.3 is 0 Å². The Morgan fingerprint density at radius 1 is 1.33 bits per heavy atom. The van der Waals surface area contributed by atoms with Gasteiger partial charge in [0.05, 0.1) is 11.4 Å². The molecule has 106 valence electrons. The number of halogens is 2. The molecular weight excluding hydrogens is 359 g/mol. The van der Waals surface area contributed by atoms with Gasteiger partial charge in [-0.3, -0.25) is 4.79 Å². The highest BCUT2D eigenvalue weighted by atomic mass is 79.9. The normalized spacial score (nSPS) is 10.8. The maximum Gasteiger partial charge on any atom is 0.268 e. The number of nitrogens with one attached hydrogen (secondary N) is 1. The maximum absolute atomic E-state index is 13.0. The van der Waals surface area contributed by atoms with Crippen LogP contribution in [0.2, 0.25) is 0 Å². The number of nitrogens with two attached hydrogens (primary N) is 1. The van der Waals surface area contributed by atoms with Gasteiger partial charge in [-0.25, -0.2) is 14.4 Å². The monoisotopic (exact) mass is 366 g/mol. The molecular formula is C13H8BrFN4OS. The zero-order valence-corrected chi connectivity index (χ0v) is 12.8. The van der Waals surface area contributed by atoms with Crippen molar-refractivity contribution in [3.8, 4) is 0 Å². The van der Waals surface area contributed by atoms with Gasteiger partial charge < -0.3 is 11.1 Å². The number of nitrogens with zero attached hydrogens (tertiary/aromatic N) is 2.